The van der Waals surface area contributed by atoms with Gasteiger partial charge in [0.05, 0.1) is 24.7 Å². The number of esters is 1. The average Bonchev–Trinajstić information content (AvgIpc) is 3.16. The van der Waals surface area contributed by atoms with Crippen LogP contribution in [0.4, 0.5) is 0 Å². The molecule has 15 heteroatoms. The number of carboxylic acid groups (broad SMARTS) is 1. The average molecular weight is 811 g/mol. The van der Waals surface area contributed by atoms with E-state index in [1.54, 1.807) is 0 Å². The third-order valence-corrected chi connectivity index (χ3v) is 17.3. The number of ether oxygens (including phenoxy) is 4. The van der Waals surface area contributed by atoms with Crippen LogP contribution in [0.5, 0.6) is 0 Å². The summed E-state index contributed by atoms with van der Waals surface area (Å²) >= 11 is 0. The van der Waals surface area contributed by atoms with E-state index in [1.807, 2.05) is 6.92 Å². The molecule has 0 amide bonds. The third-order valence-electron chi connectivity index (χ3n) is 17.3. The number of carboxylic acids is 1. The lowest BCUT2D eigenvalue weighted by Gasteiger charge is -2.71. The van der Waals surface area contributed by atoms with Gasteiger partial charge in [-0.05, 0) is 104 Å². The van der Waals surface area contributed by atoms with Gasteiger partial charge >= 0.3 is 11.9 Å². The van der Waals surface area contributed by atoms with Crippen molar-refractivity contribution in [2.45, 2.75) is 173 Å². The number of fused-ring (bicyclic) bond motifs is 7. The SMILES string of the molecule is CC1(C)CC[C@]2(C(=O)O[C@@H]3O[C@H](CO)[C@@H](O)[C@H](O)[C@H]3O)CC[C@]3(C)C(=CC[C@@H]4[C@@]5(C)CC[C@H](O[C@@H]6O[C@H](C(=O)O)[C@@H](O)[C@H](O)[C@H]6O)[C@](C)(CO)C5CC[C@]43C)C2C1. The van der Waals surface area contributed by atoms with Crippen molar-refractivity contribution in [3.63, 3.8) is 0 Å². The lowest BCUT2D eigenvalue weighted by atomic mass is 9.33. The zero-order valence-corrected chi connectivity index (χ0v) is 34.1. The Morgan fingerprint density at radius 2 is 1.40 bits per heavy atom. The first-order valence-electron chi connectivity index (χ1n) is 21.0. The number of aliphatic hydroxyl groups excluding tert-OH is 8. The van der Waals surface area contributed by atoms with E-state index in [9.17, 15) is 55.5 Å². The molecule has 7 rings (SSSR count). The summed E-state index contributed by atoms with van der Waals surface area (Å²) < 4.78 is 23.4. The topological polar surface area (TPSA) is 253 Å². The molecule has 19 atom stereocenters. The molecule has 0 bridgehead atoms. The molecule has 0 aromatic carbocycles. The number of aliphatic hydroxyl groups is 8. The van der Waals surface area contributed by atoms with Gasteiger partial charge in [-0.3, -0.25) is 4.79 Å². The maximum absolute atomic E-state index is 14.6. The Morgan fingerprint density at radius 3 is 2.05 bits per heavy atom. The van der Waals surface area contributed by atoms with Crippen LogP contribution < -0.4 is 0 Å². The number of aliphatic carboxylic acids is 1. The Kier molecular flexibility index (Phi) is 11.2. The highest BCUT2D eigenvalue weighted by atomic mass is 16.7. The van der Waals surface area contributed by atoms with Gasteiger partial charge in [0.1, 0.15) is 42.7 Å². The van der Waals surface area contributed by atoms with Gasteiger partial charge in [0.25, 0.3) is 0 Å². The Balaban J connectivity index is 1.17. The standard InChI is InChI=1S/C42H66O15/c1-37(2)13-15-42(36(53)57-34-30(49)27(46)26(45)22(18-43)54-34)16-14-40(5)20(21(42)17-37)7-8-24-38(3)11-10-25(39(4,19-44)23(38)9-12-41(24,40)6)55-35-31(50)28(47)29(48)32(56-35)33(51)52/h7,21-32,34-35,43-50H,8-19H2,1-6H3,(H,51,52)/t21?,22-,23?,24-,25+,26-,27+,28+,29+,30-,31-,32+,34+,35-,38+,39-,40-,41-,42+/m1/s1. The van der Waals surface area contributed by atoms with Crippen LogP contribution in [0.25, 0.3) is 0 Å². The molecular weight excluding hydrogens is 744 g/mol. The van der Waals surface area contributed by atoms with E-state index < -0.39 is 96.9 Å². The van der Waals surface area contributed by atoms with Crippen molar-refractivity contribution in [3.05, 3.63) is 11.6 Å². The number of hydrogen-bond donors (Lipinski definition) is 9. The maximum Gasteiger partial charge on any atom is 0.335 e. The summed E-state index contributed by atoms with van der Waals surface area (Å²) in [4.78, 5) is 26.4. The van der Waals surface area contributed by atoms with Crippen LogP contribution in [0.1, 0.15) is 106 Å². The highest BCUT2D eigenvalue weighted by Gasteiger charge is 2.70. The van der Waals surface area contributed by atoms with Crippen molar-refractivity contribution >= 4 is 11.9 Å². The Hall–Kier alpha value is -1.76. The normalized spacial score (nSPS) is 53.3. The smallest absolute Gasteiger partial charge is 0.335 e. The monoisotopic (exact) mass is 810 g/mol. The van der Waals surface area contributed by atoms with Gasteiger partial charge in [-0.15, -0.1) is 0 Å². The minimum absolute atomic E-state index is 0.0262. The summed E-state index contributed by atoms with van der Waals surface area (Å²) in [6, 6.07) is 0. The van der Waals surface area contributed by atoms with Gasteiger partial charge in [-0.1, -0.05) is 53.2 Å². The number of rotatable bonds is 7. The minimum Gasteiger partial charge on any atom is -0.479 e. The van der Waals surface area contributed by atoms with E-state index in [4.69, 9.17) is 18.9 Å². The van der Waals surface area contributed by atoms with Gasteiger partial charge in [0.2, 0.25) is 6.29 Å². The summed E-state index contributed by atoms with van der Waals surface area (Å²) in [6.45, 7) is 12.6. The molecule has 57 heavy (non-hydrogen) atoms. The molecule has 4 saturated carbocycles. The summed E-state index contributed by atoms with van der Waals surface area (Å²) in [5.74, 6) is -1.98. The Bertz CT molecular complexity index is 1590. The molecule has 0 aromatic rings. The second-order valence-corrected chi connectivity index (χ2v) is 20.5. The third kappa shape index (κ3) is 6.39. The first kappa shape index (κ1) is 43.3. The van der Waals surface area contributed by atoms with Gasteiger partial charge < -0.3 is 64.9 Å². The van der Waals surface area contributed by atoms with Crippen molar-refractivity contribution in [2.24, 2.45) is 50.2 Å². The van der Waals surface area contributed by atoms with E-state index in [2.05, 4.69) is 40.7 Å². The van der Waals surface area contributed by atoms with Crippen molar-refractivity contribution in [3.8, 4) is 0 Å². The molecule has 324 valence electrons. The fourth-order valence-corrected chi connectivity index (χ4v) is 13.6. The summed E-state index contributed by atoms with van der Waals surface area (Å²) in [7, 11) is 0. The number of carbonyl (C=O) groups excluding carboxylic acids is 1. The largest absolute Gasteiger partial charge is 0.479 e. The van der Waals surface area contributed by atoms with Crippen LogP contribution in [0.2, 0.25) is 0 Å². The molecule has 2 saturated heterocycles. The molecule has 9 N–H and O–H groups in total. The molecule has 6 fully saturated rings. The summed E-state index contributed by atoms with van der Waals surface area (Å²) in [5.41, 5.74) is -1.27. The Morgan fingerprint density at radius 1 is 0.754 bits per heavy atom. The Labute approximate surface area is 334 Å². The summed E-state index contributed by atoms with van der Waals surface area (Å²) in [5, 5.41) is 93.6. The summed E-state index contributed by atoms with van der Waals surface area (Å²) in [6.07, 6.45) is -7.64. The fraction of sp³-hybridized carbons (Fsp3) is 0.905. The molecule has 0 aromatic heterocycles. The van der Waals surface area contributed by atoms with Crippen molar-refractivity contribution in [1.29, 1.82) is 0 Å². The second kappa shape index (κ2) is 14.7. The van der Waals surface area contributed by atoms with E-state index >= 15 is 0 Å². The fourth-order valence-electron chi connectivity index (χ4n) is 13.6. The number of hydrogen-bond acceptors (Lipinski definition) is 14. The number of carbonyl (C=O) groups is 2. The molecule has 0 spiro atoms. The van der Waals surface area contributed by atoms with Gasteiger partial charge in [-0.25, -0.2) is 4.79 Å². The van der Waals surface area contributed by atoms with Crippen LogP contribution in [0.15, 0.2) is 11.6 Å². The van der Waals surface area contributed by atoms with Crippen LogP contribution >= 0.6 is 0 Å². The lowest BCUT2D eigenvalue weighted by molar-refractivity contribution is -0.327. The van der Waals surface area contributed by atoms with E-state index in [0.29, 0.717) is 25.7 Å². The van der Waals surface area contributed by atoms with E-state index in [1.165, 1.54) is 5.57 Å². The molecule has 15 nitrogen and oxygen atoms in total. The predicted molar refractivity (Wildman–Crippen MR) is 200 cm³/mol. The first-order chi connectivity index (χ1) is 26.5. The van der Waals surface area contributed by atoms with Gasteiger partial charge in [-0.2, -0.15) is 0 Å². The minimum atomic E-state index is -1.84. The van der Waals surface area contributed by atoms with Gasteiger partial charge in [0, 0.05) is 5.41 Å². The van der Waals surface area contributed by atoms with Crippen LogP contribution in [-0.4, -0.2) is 139 Å². The van der Waals surface area contributed by atoms with E-state index in [-0.39, 0.29) is 46.0 Å². The van der Waals surface area contributed by atoms with Crippen molar-refractivity contribution in [2.75, 3.05) is 13.2 Å². The maximum atomic E-state index is 14.6. The molecule has 2 heterocycles. The highest BCUT2D eigenvalue weighted by molar-refractivity contribution is 5.79. The zero-order chi connectivity index (χ0) is 41.8. The molecule has 2 unspecified atom stereocenters. The van der Waals surface area contributed by atoms with Crippen LogP contribution in [0.3, 0.4) is 0 Å². The quantitative estimate of drug-likeness (QED) is 0.100. The van der Waals surface area contributed by atoms with Crippen LogP contribution in [0, 0.1) is 50.2 Å². The molecule has 7 aliphatic rings. The van der Waals surface area contributed by atoms with Crippen LogP contribution in [-0.2, 0) is 28.5 Å². The zero-order valence-electron chi connectivity index (χ0n) is 34.1. The second-order valence-electron chi connectivity index (χ2n) is 20.5. The van der Waals surface area contributed by atoms with Crippen molar-refractivity contribution in [1.82, 2.24) is 0 Å². The molecular formula is C42H66O15. The lowest BCUT2D eigenvalue weighted by Crippen LogP contribution is -2.67. The molecule has 2 aliphatic heterocycles. The van der Waals surface area contributed by atoms with Crippen molar-refractivity contribution < 1.29 is 74.5 Å². The first-order valence-corrected chi connectivity index (χ1v) is 21.0. The van der Waals surface area contributed by atoms with Gasteiger partial charge in [0.15, 0.2) is 12.4 Å². The molecule has 0 radical (unpaired) electrons. The predicted octanol–water partition coefficient (Wildman–Crippen LogP) is 1.38. The molecule has 5 aliphatic carbocycles. The van der Waals surface area contributed by atoms with E-state index in [0.717, 1.165) is 38.5 Å². The highest BCUT2D eigenvalue weighted by Crippen LogP contribution is 2.76. The number of allylic oxidation sites excluding steroid dienone is 2.